The van der Waals surface area contributed by atoms with Gasteiger partial charge in [-0.15, -0.1) is 0 Å². The van der Waals surface area contributed by atoms with Gasteiger partial charge in [-0.3, -0.25) is 4.79 Å². The quantitative estimate of drug-likeness (QED) is 0.0261. The second kappa shape index (κ2) is 61.0. The van der Waals surface area contributed by atoms with Crippen molar-refractivity contribution >= 4 is 5.91 Å². The number of hydrogen-bond donors (Lipinski definition) is 6. The minimum absolute atomic E-state index is 0.170. The fraction of sp³-hybridized carbons (Fsp3) is 0.847. The Labute approximate surface area is 500 Å². The summed E-state index contributed by atoms with van der Waals surface area (Å²) in [5.41, 5.74) is 0. The second-order valence-corrected chi connectivity index (χ2v) is 24.3. The number of allylic oxidation sites excluding steroid dienone is 9. The Kier molecular flexibility index (Phi) is 57.9. The first-order valence-electron chi connectivity index (χ1n) is 35.0. The molecule has 0 spiro atoms. The van der Waals surface area contributed by atoms with Crippen molar-refractivity contribution in [3.63, 3.8) is 0 Å². The fourth-order valence-corrected chi connectivity index (χ4v) is 11.2. The Bertz CT molecular complexity index is 1460. The molecule has 9 nitrogen and oxygen atoms in total. The molecule has 0 aromatic heterocycles. The highest BCUT2D eigenvalue weighted by Gasteiger charge is 2.44. The minimum atomic E-state index is -1.57. The van der Waals surface area contributed by atoms with Crippen LogP contribution in [0.2, 0.25) is 0 Å². The van der Waals surface area contributed by atoms with E-state index < -0.39 is 49.5 Å². The summed E-state index contributed by atoms with van der Waals surface area (Å²) in [7, 11) is 0. The number of aliphatic hydroxyl groups is 5. The van der Waals surface area contributed by atoms with Crippen LogP contribution in [0, 0.1) is 0 Å². The highest BCUT2D eigenvalue weighted by Crippen LogP contribution is 2.23. The summed E-state index contributed by atoms with van der Waals surface area (Å²) in [5.74, 6) is -0.170. The summed E-state index contributed by atoms with van der Waals surface area (Å²) < 4.78 is 11.3. The lowest BCUT2D eigenvalue weighted by molar-refractivity contribution is -0.302. The van der Waals surface area contributed by atoms with E-state index in [2.05, 4.69) is 67.8 Å². The van der Waals surface area contributed by atoms with E-state index in [9.17, 15) is 30.3 Å². The van der Waals surface area contributed by atoms with Crippen molar-refractivity contribution in [2.75, 3.05) is 13.2 Å². The molecule has 0 bridgehead atoms. The first-order valence-corrected chi connectivity index (χ1v) is 35.0. The lowest BCUT2D eigenvalue weighted by atomic mass is 9.99. The number of aliphatic hydroxyl groups excluding tert-OH is 5. The van der Waals surface area contributed by atoms with Crippen molar-refractivity contribution in [2.45, 2.75) is 378 Å². The van der Waals surface area contributed by atoms with Crippen molar-refractivity contribution in [1.82, 2.24) is 5.32 Å². The molecule has 0 aromatic carbocycles. The molecular formula is C72H133NO8. The molecule has 0 aromatic rings. The third-order valence-corrected chi connectivity index (χ3v) is 16.6. The SMILES string of the molecule is CC/C=C\C/C=C\C/C=C\C/C=C\CCCCCCCCCCCCCCCCCCCCCCCCCCC(=O)NC(COC1OC(CO)C(O)C(O)C1O)C(O)/C=C/CCCCCCCCCCCCCCCCCCCCC. The van der Waals surface area contributed by atoms with Crippen molar-refractivity contribution in [2.24, 2.45) is 0 Å². The van der Waals surface area contributed by atoms with Crippen molar-refractivity contribution in [1.29, 1.82) is 0 Å². The lowest BCUT2D eigenvalue weighted by Crippen LogP contribution is -2.60. The van der Waals surface area contributed by atoms with E-state index in [1.807, 2.05) is 6.08 Å². The van der Waals surface area contributed by atoms with Crippen LogP contribution in [0.25, 0.3) is 0 Å². The van der Waals surface area contributed by atoms with Crippen LogP contribution in [-0.2, 0) is 14.3 Å². The van der Waals surface area contributed by atoms with E-state index in [1.165, 1.54) is 250 Å². The molecule has 1 saturated heterocycles. The zero-order chi connectivity index (χ0) is 58.6. The highest BCUT2D eigenvalue weighted by molar-refractivity contribution is 5.76. The van der Waals surface area contributed by atoms with Crippen LogP contribution >= 0.6 is 0 Å². The Balaban J connectivity index is 2.08. The number of amides is 1. The van der Waals surface area contributed by atoms with Crippen LogP contribution in [0.5, 0.6) is 0 Å². The van der Waals surface area contributed by atoms with E-state index in [-0.39, 0.29) is 12.5 Å². The van der Waals surface area contributed by atoms with Gasteiger partial charge >= 0.3 is 0 Å². The van der Waals surface area contributed by atoms with E-state index in [4.69, 9.17) is 9.47 Å². The topological polar surface area (TPSA) is 149 Å². The number of rotatable bonds is 61. The van der Waals surface area contributed by atoms with E-state index in [0.29, 0.717) is 6.42 Å². The third kappa shape index (κ3) is 49.8. The van der Waals surface area contributed by atoms with Gasteiger partial charge in [-0.05, 0) is 57.8 Å². The summed E-state index contributed by atoms with van der Waals surface area (Å²) in [5, 5.41) is 54.7. The largest absolute Gasteiger partial charge is 0.394 e. The molecule has 1 aliphatic heterocycles. The number of carbonyl (C=O) groups excluding carboxylic acids is 1. The van der Waals surface area contributed by atoms with Crippen molar-refractivity contribution in [3.8, 4) is 0 Å². The Morgan fingerprint density at radius 2 is 0.765 bits per heavy atom. The number of nitrogens with one attached hydrogen (secondary N) is 1. The lowest BCUT2D eigenvalue weighted by Gasteiger charge is -2.40. The molecule has 0 radical (unpaired) electrons. The Hall–Kier alpha value is -2.11. The molecular weight excluding hydrogens is 1010 g/mol. The molecule has 1 fully saturated rings. The second-order valence-electron chi connectivity index (χ2n) is 24.3. The first-order chi connectivity index (χ1) is 39.8. The van der Waals surface area contributed by atoms with Crippen LogP contribution in [0.4, 0.5) is 0 Å². The maximum Gasteiger partial charge on any atom is 0.220 e. The molecule has 0 aliphatic carbocycles. The van der Waals surface area contributed by atoms with E-state index >= 15 is 0 Å². The average molecular weight is 1140 g/mol. The maximum atomic E-state index is 13.1. The molecule has 81 heavy (non-hydrogen) atoms. The van der Waals surface area contributed by atoms with E-state index in [1.54, 1.807) is 6.08 Å². The molecule has 7 atom stereocenters. The van der Waals surface area contributed by atoms with Crippen LogP contribution < -0.4 is 5.32 Å². The van der Waals surface area contributed by atoms with Gasteiger partial charge in [0.25, 0.3) is 0 Å². The summed E-state index contributed by atoms with van der Waals surface area (Å²) in [6, 6.07) is -0.805. The minimum Gasteiger partial charge on any atom is -0.394 e. The maximum absolute atomic E-state index is 13.1. The standard InChI is InChI=1S/C72H133NO8/c1-3-5-7-9-11-13-15-17-19-21-23-25-26-27-28-29-30-31-32-33-34-35-36-37-38-39-40-42-44-46-48-50-52-54-56-58-60-62-68(76)73-65(64-80-72-71(79)70(78)69(77)67(63-74)81-72)66(75)61-59-57-55-53-51-49-47-45-43-41-24-22-20-18-16-14-12-10-8-6-4-2/h5,7,11,13,17,19,23,25,59,61,65-67,69-72,74-75,77-79H,3-4,6,8-10,12,14-16,18,20-22,24,26-58,60,62-64H2,1-2H3,(H,73,76)/b7-5-,13-11-,19-17-,25-23-,61-59+. The number of carbonyl (C=O) groups is 1. The van der Waals surface area contributed by atoms with Crippen LogP contribution in [0.15, 0.2) is 60.8 Å². The van der Waals surface area contributed by atoms with Gasteiger partial charge in [0, 0.05) is 6.42 Å². The Morgan fingerprint density at radius 1 is 0.432 bits per heavy atom. The molecule has 474 valence electrons. The normalized spacial score (nSPS) is 18.7. The zero-order valence-corrected chi connectivity index (χ0v) is 53.0. The van der Waals surface area contributed by atoms with Gasteiger partial charge in [0.15, 0.2) is 6.29 Å². The van der Waals surface area contributed by atoms with Gasteiger partial charge in [-0.1, -0.05) is 331 Å². The summed E-state index contributed by atoms with van der Waals surface area (Å²) in [4.78, 5) is 13.1. The molecule has 6 N–H and O–H groups in total. The summed E-state index contributed by atoms with van der Waals surface area (Å²) in [6.07, 6.45) is 77.6. The van der Waals surface area contributed by atoms with Gasteiger partial charge in [-0.25, -0.2) is 0 Å². The van der Waals surface area contributed by atoms with Crippen LogP contribution in [0.1, 0.15) is 335 Å². The molecule has 1 amide bonds. The molecule has 9 heteroatoms. The summed E-state index contributed by atoms with van der Waals surface area (Å²) in [6.45, 7) is 3.71. The van der Waals surface area contributed by atoms with Crippen molar-refractivity contribution < 1.29 is 39.8 Å². The number of ether oxygens (including phenoxy) is 2. The van der Waals surface area contributed by atoms with Crippen molar-refractivity contribution in [3.05, 3.63) is 60.8 Å². The summed E-state index contributed by atoms with van der Waals surface area (Å²) >= 11 is 0. The number of unbranched alkanes of at least 4 members (excludes halogenated alkanes) is 43. The smallest absolute Gasteiger partial charge is 0.220 e. The number of hydrogen-bond acceptors (Lipinski definition) is 8. The molecule has 1 aliphatic rings. The van der Waals surface area contributed by atoms with Gasteiger partial charge in [0.2, 0.25) is 5.91 Å². The monoisotopic (exact) mass is 1140 g/mol. The van der Waals surface area contributed by atoms with Gasteiger partial charge in [0.1, 0.15) is 24.4 Å². The highest BCUT2D eigenvalue weighted by atomic mass is 16.7. The van der Waals surface area contributed by atoms with E-state index in [0.717, 1.165) is 64.2 Å². The van der Waals surface area contributed by atoms with Crippen LogP contribution in [-0.4, -0.2) is 87.5 Å². The average Bonchev–Trinajstić information content (AvgIpc) is 3.49. The fourth-order valence-electron chi connectivity index (χ4n) is 11.2. The van der Waals surface area contributed by atoms with Gasteiger partial charge < -0.3 is 40.3 Å². The predicted octanol–water partition coefficient (Wildman–Crippen LogP) is 19.0. The van der Waals surface area contributed by atoms with Gasteiger partial charge in [0.05, 0.1) is 25.4 Å². The molecule has 1 heterocycles. The molecule has 0 saturated carbocycles. The predicted molar refractivity (Wildman–Crippen MR) is 346 cm³/mol. The first kappa shape index (κ1) is 76.9. The Morgan fingerprint density at radius 3 is 1.14 bits per heavy atom. The van der Waals surface area contributed by atoms with Crippen LogP contribution in [0.3, 0.4) is 0 Å². The van der Waals surface area contributed by atoms with Gasteiger partial charge in [-0.2, -0.15) is 0 Å². The third-order valence-electron chi connectivity index (χ3n) is 16.6. The molecule has 1 rings (SSSR count). The zero-order valence-electron chi connectivity index (χ0n) is 53.0. The molecule has 7 unspecified atom stereocenters.